The third kappa shape index (κ3) is 5.33. The summed E-state index contributed by atoms with van der Waals surface area (Å²) in [5, 5.41) is 9.63. The van der Waals surface area contributed by atoms with Crippen molar-refractivity contribution in [3.05, 3.63) is 59.1 Å². The molecule has 0 aliphatic heterocycles. The molecule has 1 N–H and O–H groups in total. The summed E-state index contributed by atoms with van der Waals surface area (Å²) in [4.78, 5) is 12.0. The number of aromatic carboxylic acids is 1. The molecule has 5 heteroatoms. The van der Waals surface area contributed by atoms with Crippen molar-refractivity contribution in [3.8, 4) is 5.75 Å². The van der Waals surface area contributed by atoms with E-state index in [9.17, 15) is 4.79 Å². The first-order chi connectivity index (χ1) is 10.1. The van der Waals surface area contributed by atoms with Crippen molar-refractivity contribution in [2.24, 2.45) is 0 Å². The van der Waals surface area contributed by atoms with Gasteiger partial charge in [0.25, 0.3) is 0 Å². The number of hydrogen-bond acceptors (Lipinski definition) is 3. The number of halogens is 1. The molecule has 0 spiro atoms. The Labute approximate surface area is 132 Å². The Morgan fingerprint density at radius 3 is 2.67 bits per heavy atom. The van der Waals surface area contributed by atoms with E-state index in [4.69, 9.17) is 21.4 Å². The number of carboxylic acid groups (broad SMARTS) is 1. The van der Waals surface area contributed by atoms with E-state index in [0.29, 0.717) is 12.4 Å². The quantitative estimate of drug-likeness (QED) is 0.598. The zero-order chi connectivity index (χ0) is 15.1. The van der Waals surface area contributed by atoms with Gasteiger partial charge in [-0.3, -0.25) is 0 Å². The molecule has 0 amide bonds. The minimum atomic E-state index is -0.946. The van der Waals surface area contributed by atoms with E-state index in [1.165, 1.54) is 11.0 Å². The van der Waals surface area contributed by atoms with Gasteiger partial charge in [-0.15, -0.1) is 11.8 Å². The molecule has 0 saturated heterocycles. The zero-order valence-electron chi connectivity index (χ0n) is 11.3. The van der Waals surface area contributed by atoms with Crippen LogP contribution in [0, 0.1) is 0 Å². The SMILES string of the molecule is O=C(O)c1cccc(OCCCSc2ccc(Cl)cc2)c1. The first-order valence-electron chi connectivity index (χ1n) is 6.50. The summed E-state index contributed by atoms with van der Waals surface area (Å²) in [6, 6.07) is 14.3. The van der Waals surface area contributed by atoms with Crippen molar-refractivity contribution in [2.45, 2.75) is 11.3 Å². The first-order valence-corrected chi connectivity index (χ1v) is 7.86. The monoisotopic (exact) mass is 322 g/mol. The van der Waals surface area contributed by atoms with Crippen molar-refractivity contribution in [2.75, 3.05) is 12.4 Å². The lowest BCUT2D eigenvalue weighted by molar-refractivity contribution is 0.0696. The number of thioether (sulfide) groups is 1. The lowest BCUT2D eigenvalue weighted by atomic mass is 10.2. The minimum absolute atomic E-state index is 0.239. The van der Waals surface area contributed by atoms with E-state index < -0.39 is 5.97 Å². The van der Waals surface area contributed by atoms with E-state index in [2.05, 4.69) is 0 Å². The van der Waals surface area contributed by atoms with Gasteiger partial charge < -0.3 is 9.84 Å². The van der Waals surface area contributed by atoms with Gasteiger partial charge in [0.15, 0.2) is 0 Å². The van der Waals surface area contributed by atoms with Crippen molar-refractivity contribution >= 4 is 29.3 Å². The summed E-state index contributed by atoms with van der Waals surface area (Å²) in [6.07, 6.45) is 0.880. The maximum absolute atomic E-state index is 10.8. The number of rotatable bonds is 7. The third-order valence-corrected chi connectivity index (χ3v) is 4.07. The second-order valence-corrected chi connectivity index (χ2v) is 5.94. The van der Waals surface area contributed by atoms with Crippen LogP contribution in [0.4, 0.5) is 0 Å². The van der Waals surface area contributed by atoms with Crippen LogP contribution >= 0.6 is 23.4 Å². The van der Waals surface area contributed by atoms with Crippen LogP contribution in [-0.2, 0) is 0 Å². The fourth-order valence-electron chi connectivity index (χ4n) is 1.69. The van der Waals surface area contributed by atoms with Crippen LogP contribution in [0.5, 0.6) is 5.75 Å². The second kappa shape index (κ2) is 7.96. The molecule has 2 aromatic rings. The van der Waals surface area contributed by atoms with Gasteiger partial charge in [0, 0.05) is 15.7 Å². The van der Waals surface area contributed by atoms with Crippen LogP contribution in [0.3, 0.4) is 0 Å². The molecule has 0 heterocycles. The Morgan fingerprint density at radius 1 is 1.19 bits per heavy atom. The summed E-state index contributed by atoms with van der Waals surface area (Å²) >= 11 is 7.57. The second-order valence-electron chi connectivity index (χ2n) is 4.34. The largest absolute Gasteiger partial charge is 0.494 e. The molecule has 0 atom stereocenters. The summed E-state index contributed by atoms with van der Waals surface area (Å²) < 4.78 is 5.56. The normalized spacial score (nSPS) is 10.3. The van der Waals surface area contributed by atoms with Gasteiger partial charge in [-0.1, -0.05) is 17.7 Å². The van der Waals surface area contributed by atoms with E-state index in [1.54, 1.807) is 30.0 Å². The van der Waals surface area contributed by atoms with E-state index in [1.807, 2.05) is 24.3 Å². The topological polar surface area (TPSA) is 46.5 Å². The molecule has 0 saturated carbocycles. The Morgan fingerprint density at radius 2 is 1.95 bits per heavy atom. The molecule has 0 fully saturated rings. The number of ether oxygens (including phenoxy) is 1. The van der Waals surface area contributed by atoms with Gasteiger partial charge in [0.05, 0.1) is 12.2 Å². The molecule has 21 heavy (non-hydrogen) atoms. The lowest BCUT2D eigenvalue weighted by Crippen LogP contribution is -2.01. The Kier molecular flexibility index (Phi) is 5.96. The summed E-state index contributed by atoms with van der Waals surface area (Å²) in [7, 11) is 0. The van der Waals surface area contributed by atoms with Crippen LogP contribution < -0.4 is 4.74 Å². The van der Waals surface area contributed by atoms with Gasteiger partial charge in [-0.2, -0.15) is 0 Å². The van der Waals surface area contributed by atoms with Crippen LogP contribution in [0.2, 0.25) is 5.02 Å². The summed E-state index contributed by atoms with van der Waals surface area (Å²) in [6.45, 7) is 0.559. The number of benzene rings is 2. The molecule has 0 bridgehead atoms. The molecule has 0 aromatic heterocycles. The Balaban J connectivity index is 1.71. The number of carbonyl (C=O) groups is 1. The molecular formula is C16H15ClO3S. The molecule has 110 valence electrons. The molecule has 0 radical (unpaired) electrons. The molecule has 0 aliphatic carbocycles. The van der Waals surface area contributed by atoms with E-state index >= 15 is 0 Å². The van der Waals surface area contributed by atoms with Crippen molar-refractivity contribution in [3.63, 3.8) is 0 Å². The standard InChI is InChI=1S/C16H15ClO3S/c17-13-5-7-15(8-6-13)21-10-2-9-20-14-4-1-3-12(11-14)16(18)19/h1,3-8,11H,2,9-10H2,(H,18,19). The number of hydrogen-bond donors (Lipinski definition) is 1. The highest BCUT2D eigenvalue weighted by Gasteiger charge is 2.03. The molecule has 0 unspecified atom stereocenters. The van der Waals surface area contributed by atoms with Gasteiger partial charge in [-0.25, -0.2) is 4.79 Å². The number of carboxylic acids is 1. The zero-order valence-corrected chi connectivity index (χ0v) is 12.9. The lowest BCUT2D eigenvalue weighted by Gasteiger charge is -2.07. The molecule has 2 aromatic carbocycles. The van der Waals surface area contributed by atoms with Crippen LogP contribution in [0.1, 0.15) is 16.8 Å². The Hall–Kier alpha value is -1.65. The summed E-state index contributed by atoms with van der Waals surface area (Å²) in [5.41, 5.74) is 0.239. The third-order valence-electron chi connectivity index (χ3n) is 2.72. The van der Waals surface area contributed by atoms with Crippen molar-refractivity contribution in [1.82, 2.24) is 0 Å². The van der Waals surface area contributed by atoms with Crippen LogP contribution in [0.25, 0.3) is 0 Å². The van der Waals surface area contributed by atoms with Gasteiger partial charge >= 0.3 is 5.97 Å². The Bertz CT molecular complexity index is 599. The predicted molar refractivity (Wildman–Crippen MR) is 85.7 cm³/mol. The van der Waals surface area contributed by atoms with Crippen LogP contribution in [0.15, 0.2) is 53.4 Å². The highest BCUT2D eigenvalue weighted by Crippen LogP contribution is 2.21. The van der Waals surface area contributed by atoms with E-state index in [-0.39, 0.29) is 5.56 Å². The smallest absolute Gasteiger partial charge is 0.335 e. The molecule has 3 nitrogen and oxygen atoms in total. The highest BCUT2D eigenvalue weighted by atomic mass is 35.5. The fourth-order valence-corrected chi connectivity index (χ4v) is 2.64. The van der Waals surface area contributed by atoms with Gasteiger partial charge in [-0.05, 0) is 48.9 Å². The minimum Gasteiger partial charge on any atom is -0.494 e. The average molecular weight is 323 g/mol. The maximum atomic E-state index is 10.8. The van der Waals surface area contributed by atoms with E-state index in [0.717, 1.165) is 17.2 Å². The van der Waals surface area contributed by atoms with Crippen LogP contribution in [-0.4, -0.2) is 23.4 Å². The van der Waals surface area contributed by atoms with Gasteiger partial charge in [0.2, 0.25) is 0 Å². The highest BCUT2D eigenvalue weighted by molar-refractivity contribution is 7.99. The predicted octanol–water partition coefficient (Wildman–Crippen LogP) is 4.60. The average Bonchev–Trinajstić information content (AvgIpc) is 2.49. The first kappa shape index (κ1) is 15.7. The summed E-state index contributed by atoms with van der Waals surface area (Å²) in [5.74, 6) is 0.574. The molecule has 2 rings (SSSR count). The van der Waals surface area contributed by atoms with Crippen molar-refractivity contribution in [1.29, 1.82) is 0 Å². The molecule has 0 aliphatic rings. The molecular weight excluding hydrogens is 308 g/mol. The van der Waals surface area contributed by atoms with Gasteiger partial charge in [0.1, 0.15) is 5.75 Å². The fraction of sp³-hybridized carbons (Fsp3) is 0.188. The van der Waals surface area contributed by atoms with Crippen molar-refractivity contribution < 1.29 is 14.6 Å². The maximum Gasteiger partial charge on any atom is 0.335 e.